The molecule has 4 nitrogen and oxygen atoms in total. The first-order valence-corrected chi connectivity index (χ1v) is 5.21. The Morgan fingerprint density at radius 1 is 1.44 bits per heavy atom. The van der Waals surface area contributed by atoms with Crippen LogP contribution in [0.15, 0.2) is 24.4 Å². The van der Waals surface area contributed by atoms with Gasteiger partial charge in [-0.1, -0.05) is 0 Å². The standard InChI is InChI=1S/C12H14N4/c1-15(2)5-6-16-12-4-3-10(8-13)7-11(12)9-14-16/h3-4,7,9H,5-6H2,1-2H3. The van der Waals surface area contributed by atoms with Gasteiger partial charge in [0, 0.05) is 11.9 Å². The summed E-state index contributed by atoms with van der Waals surface area (Å²) in [5, 5.41) is 14.1. The summed E-state index contributed by atoms with van der Waals surface area (Å²) in [6, 6.07) is 7.79. The van der Waals surface area contributed by atoms with Crippen LogP contribution in [0.4, 0.5) is 0 Å². The molecule has 0 unspecified atom stereocenters. The molecule has 4 heteroatoms. The second-order valence-electron chi connectivity index (χ2n) is 4.06. The number of nitrogens with zero attached hydrogens (tertiary/aromatic N) is 4. The number of hydrogen-bond donors (Lipinski definition) is 0. The molecule has 2 aromatic rings. The van der Waals surface area contributed by atoms with E-state index in [9.17, 15) is 0 Å². The first kappa shape index (κ1) is 10.7. The molecular weight excluding hydrogens is 200 g/mol. The van der Waals surface area contributed by atoms with E-state index in [4.69, 9.17) is 5.26 Å². The van der Waals surface area contributed by atoms with Crippen LogP contribution in [-0.2, 0) is 6.54 Å². The Bertz CT molecular complexity index is 533. The van der Waals surface area contributed by atoms with Gasteiger partial charge in [0.1, 0.15) is 0 Å². The second-order valence-corrected chi connectivity index (χ2v) is 4.06. The zero-order valence-electron chi connectivity index (χ0n) is 9.51. The fourth-order valence-electron chi connectivity index (χ4n) is 1.63. The van der Waals surface area contributed by atoms with E-state index in [1.165, 1.54) is 0 Å². The van der Waals surface area contributed by atoms with Gasteiger partial charge < -0.3 is 4.90 Å². The highest BCUT2D eigenvalue weighted by atomic mass is 15.3. The summed E-state index contributed by atoms with van der Waals surface area (Å²) in [5.41, 5.74) is 1.76. The zero-order chi connectivity index (χ0) is 11.5. The summed E-state index contributed by atoms with van der Waals surface area (Å²) in [6.45, 7) is 1.82. The average Bonchev–Trinajstić information content (AvgIpc) is 2.68. The SMILES string of the molecule is CN(C)CCn1ncc2cc(C#N)ccc21. The van der Waals surface area contributed by atoms with Crippen LogP contribution >= 0.6 is 0 Å². The minimum absolute atomic E-state index is 0.680. The Morgan fingerprint density at radius 2 is 2.25 bits per heavy atom. The van der Waals surface area contributed by atoms with Crippen molar-refractivity contribution in [2.45, 2.75) is 6.54 Å². The molecule has 0 aliphatic carbocycles. The van der Waals surface area contributed by atoms with Crippen molar-refractivity contribution < 1.29 is 0 Å². The Balaban J connectivity index is 2.31. The largest absolute Gasteiger partial charge is 0.308 e. The molecule has 2 rings (SSSR count). The van der Waals surface area contributed by atoms with Gasteiger partial charge in [-0.15, -0.1) is 0 Å². The molecule has 0 fully saturated rings. The summed E-state index contributed by atoms with van der Waals surface area (Å²) < 4.78 is 1.97. The Kier molecular flexibility index (Phi) is 2.88. The van der Waals surface area contributed by atoms with E-state index in [1.807, 2.05) is 43.2 Å². The average molecular weight is 214 g/mol. The number of hydrogen-bond acceptors (Lipinski definition) is 3. The minimum Gasteiger partial charge on any atom is -0.308 e. The first-order chi connectivity index (χ1) is 7.70. The van der Waals surface area contributed by atoms with E-state index in [1.54, 1.807) is 0 Å². The molecule has 0 bridgehead atoms. The van der Waals surface area contributed by atoms with Gasteiger partial charge in [0.05, 0.1) is 29.9 Å². The van der Waals surface area contributed by atoms with Crippen molar-refractivity contribution in [2.24, 2.45) is 0 Å². The van der Waals surface area contributed by atoms with E-state index in [2.05, 4.69) is 16.1 Å². The Morgan fingerprint density at radius 3 is 2.94 bits per heavy atom. The summed E-state index contributed by atoms with van der Waals surface area (Å²) in [4.78, 5) is 2.12. The highest BCUT2D eigenvalue weighted by Crippen LogP contribution is 2.15. The Hall–Kier alpha value is -1.86. The van der Waals surface area contributed by atoms with E-state index in [-0.39, 0.29) is 0 Å². The molecule has 0 atom stereocenters. The molecule has 1 aromatic heterocycles. The van der Waals surface area contributed by atoms with Crippen LogP contribution in [0.3, 0.4) is 0 Å². The Labute approximate surface area is 94.7 Å². The van der Waals surface area contributed by atoms with Gasteiger partial charge in [-0.25, -0.2) is 0 Å². The van der Waals surface area contributed by atoms with Crippen molar-refractivity contribution >= 4 is 10.9 Å². The molecule has 0 amide bonds. The molecule has 0 saturated carbocycles. The van der Waals surface area contributed by atoms with E-state index in [0.717, 1.165) is 24.0 Å². The topological polar surface area (TPSA) is 44.9 Å². The maximum absolute atomic E-state index is 8.80. The minimum atomic E-state index is 0.680. The number of fused-ring (bicyclic) bond motifs is 1. The van der Waals surface area contributed by atoms with Gasteiger partial charge in [0.25, 0.3) is 0 Å². The number of nitriles is 1. The molecule has 0 saturated heterocycles. The molecule has 1 aromatic carbocycles. The van der Waals surface area contributed by atoms with Crippen LogP contribution in [-0.4, -0.2) is 35.3 Å². The number of likely N-dealkylation sites (N-methyl/N-ethyl adjacent to an activating group) is 1. The summed E-state index contributed by atoms with van der Waals surface area (Å²) >= 11 is 0. The fourth-order valence-corrected chi connectivity index (χ4v) is 1.63. The highest BCUT2D eigenvalue weighted by molar-refractivity contribution is 5.80. The van der Waals surface area contributed by atoms with Crippen molar-refractivity contribution in [3.8, 4) is 6.07 Å². The van der Waals surface area contributed by atoms with Crippen LogP contribution < -0.4 is 0 Å². The predicted octanol–water partition coefficient (Wildman–Crippen LogP) is 1.47. The lowest BCUT2D eigenvalue weighted by Gasteiger charge is -2.09. The summed E-state index contributed by atoms with van der Waals surface area (Å²) in [7, 11) is 4.08. The number of benzene rings is 1. The second kappa shape index (κ2) is 4.33. The molecular formula is C12H14N4. The lowest BCUT2D eigenvalue weighted by molar-refractivity contribution is 0.377. The van der Waals surface area contributed by atoms with Gasteiger partial charge in [-0.05, 0) is 32.3 Å². The summed E-state index contributed by atoms with van der Waals surface area (Å²) in [6.07, 6.45) is 1.81. The van der Waals surface area contributed by atoms with Crippen molar-refractivity contribution in [1.82, 2.24) is 14.7 Å². The van der Waals surface area contributed by atoms with Gasteiger partial charge >= 0.3 is 0 Å². The van der Waals surface area contributed by atoms with Crippen molar-refractivity contribution in [2.75, 3.05) is 20.6 Å². The molecule has 0 spiro atoms. The van der Waals surface area contributed by atoms with E-state index < -0.39 is 0 Å². The smallest absolute Gasteiger partial charge is 0.0991 e. The van der Waals surface area contributed by atoms with E-state index in [0.29, 0.717) is 5.56 Å². The van der Waals surface area contributed by atoms with Gasteiger partial charge in [0.15, 0.2) is 0 Å². The van der Waals surface area contributed by atoms with Crippen molar-refractivity contribution in [3.05, 3.63) is 30.0 Å². The van der Waals surface area contributed by atoms with Gasteiger partial charge in [-0.3, -0.25) is 4.68 Å². The number of rotatable bonds is 3. The van der Waals surface area contributed by atoms with Crippen molar-refractivity contribution in [3.63, 3.8) is 0 Å². The highest BCUT2D eigenvalue weighted by Gasteiger charge is 2.03. The van der Waals surface area contributed by atoms with Gasteiger partial charge in [-0.2, -0.15) is 10.4 Å². The predicted molar refractivity (Wildman–Crippen MR) is 63.0 cm³/mol. The quantitative estimate of drug-likeness (QED) is 0.777. The third kappa shape index (κ3) is 2.05. The molecule has 82 valence electrons. The van der Waals surface area contributed by atoms with Crippen LogP contribution in [0.25, 0.3) is 10.9 Å². The third-order valence-electron chi connectivity index (χ3n) is 2.53. The monoisotopic (exact) mass is 214 g/mol. The van der Waals surface area contributed by atoms with Crippen molar-refractivity contribution in [1.29, 1.82) is 5.26 Å². The maximum atomic E-state index is 8.80. The molecule has 16 heavy (non-hydrogen) atoms. The molecule has 0 aliphatic heterocycles. The lowest BCUT2D eigenvalue weighted by Crippen LogP contribution is -2.18. The molecule has 0 N–H and O–H groups in total. The summed E-state index contributed by atoms with van der Waals surface area (Å²) in [5.74, 6) is 0. The normalized spacial score (nSPS) is 10.9. The molecule has 0 radical (unpaired) electrons. The number of aromatic nitrogens is 2. The van der Waals surface area contributed by atoms with Crippen LogP contribution in [0, 0.1) is 11.3 Å². The first-order valence-electron chi connectivity index (χ1n) is 5.21. The zero-order valence-corrected chi connectivity index (χ0v) is 9.51. The molecule has 0 aliphatic rings. The maximum Gasteiger partial charge on any atom is 0.0991 e. The van der Waals surface area contributed by atoms with Gasteiger partial charge in [0.2, 0.25) is 0 Å². The van der Waals surface area contributed by atoms with Crippen LogP contribution in [0.5, 0.6) is 0 Å². The van der Waals surface area contributed by atoms with Crippen LogP contribution in [0.1, 0.15) is 5.56 Å². The van der Waals surface area contributed by atoms with Crippen LogP contribution in [0.2, 0.25) is 0 Å². The lowest BCUT2D eigenvalue weighted by atomic mass is 10.2. The fraction of sp³-hybridized carbons (Fsp3) is 0.333. The third-order valence-corrected chi connectivity index (χ3v) is 2.53. The molecule has 1 heterocycles. The van der Waals surface area contributed by atoms with E-state index >= 15 is 0 Å².